The first-order valence-electron chi connectivity index (χ1n) is 7.99. The minimum atomic E-state index is 0.177. The van der Waals surface area contributed by atoms with Gasteiger partial charge in [0.25, 0.3) is 0 Å². The van der Waals surface area contributed by atoms with Crippen LogP contribution in [0.2, 0.25) is 0 Å². The van der Waals surface area contributed by atoms with Gasteiger partial charge in [-0.1, -0.05) is 6.07 Å². The third-order valence-corrected chi connectivity index (χ3v) is 4.13. The Morgan fingerprint density at radius 3 is 2.74 bits per heavy atom. The molecule has 0 saturated carbocycles. The monoisotopic (exact) mass is 307 g/mol. The van der Waals surface area contributed by atoms with Crippen LogP contribution in [0.25, 0.3) is 10.9 Å². The van der Waals surface area contributed by atoms with E-state index >= 15 is 0 Å². The number of aromatic nitrogens is 2. The highest BCUT2D eigenvalue weighted by atomic mass is 16.2. The number of aromatic amines is 1. The molecule has 1 aromatic carbocycles. The average Bonchev–Trinajstić information content (AvgIpc) is 3.04. The lowest BCUT2D eigenvalue weighted by Gasteiger charge is -2.21. The van der Waals surface area contributed by atoms with Gasteiger partial charge in [-0.2, -0.15) is 0 Å². The van der Waals surface area contributed by atoms with E-state index in [0.717, 1.165) is 36.0 Å². The largest absolute Gasteiger partial charge is 0.361 e. The summed E-state index contributed by atoms with van der Waals surface area (Å²) in [5, 5.41) is 1.15. The summed E-state index contributed by atoms with van der Waals surface area (Å²) in [6.07, 6.45) is 6.81. The highest BCUT2D eigenvalue weighted by Gasteiger charge is 2.12. The van der Waals surface area contributed by atoms with Crippen LogP contribution >= 0.6 is 0 Å². The molecule has 118 valence electrons. The third kappa shape index (κ3) is 3.77. The fraction of sp³-hybridized carbons (Fsp3) is 0.263. The predicted molar refractivity (Wildman–Crippen MR) is 92.2 cm³/mol. The number of fused-ring (bicyclic) bond motifs is 1. The van der Waals surface area contributed by atoms with Crippen LogP contribution in [0.3, 0.4) is 0 Å². The Morgan fingerprint density at radius 1 is 1.13 bits per heavy atom. The molecule has 0 atom stereocenters. The molecule has 0 aliphatic heterocycles. The van der Waals surface area contributed by atoms with Crippen LogP contribution in [0.4, 0.5) is 0 Å². The molecule has 0 bridgehead atoms. The van der Waals surface area contributed by atoms with Crippen molar-refractivity contribution in [2.24, 2.45) is 0 Å². The minimum Gasteiger partial charge on any atom is -0.361 e. The van der Waals surface area contributed by atoms with E-state index in [1.165, 1.54) is 5.56 Å². The molecule has 3 aromatic rings. The quantitative estimate of drug-likeness (QED) is 0.760. The summed E-state index contributed by atoms with van der Waals surface area (Å²) in [4.78, 5) is 21.7. The van der Waals surface area contributed by atoms with Crippen LogP contribution in [0.15, 0.2) is 55.0 Å². The minimum absolute atomic E-state index is 0.177. The predicted octanol–water partition coefficient (Wildman–Crippen LogP) is 3.20. The number of carbonyl (C=O) groups is 1. The van der Waals surface area contributed by atoms with Crippen LogP contribution in [0.5, 0.6) is 0 Å². The topological polar surface area (TPSA) is 49.0 Å². The summed E-state index contributed by atoms with van der Waals surface area (Å²) in [5.74, 6) is 0.177. The molecular weight excluding hydrogens is 286 g/mol. The number of nitrogens with zero attached hydrogens (tertiary/aromatic N) is 2. The van der Waals surface area contributed by atoms with Gasteiger partial charge in [0, 0.05) is 37.2 Å². The highest BCUT2D eigenvalue weighted by Crippen LogP contribution is 2.15. The van der Waals surface area contributed by atoms with E-state index in [0.29, 0.717) is 6.42 Å². The normalized spacial score (nSPS) is 10.8. The number of carbonyl (C=O) groups excluding carboxylic acids is 1. The lowest BCUT2D eigenvalue weighted by atomic mass is 10.1. The van der Waals surface area contributed by atoms with Crippen molar-refractivity contribution in [1.29, 1.82) is 0 Å². The Kier molecular flexibility index (Phi) is 4.71. The van der Waals surface area contributed by atoms with Gasteiger partial charge in [0.1, 0.15) is 0 Å². The third-order valence-electron chi connectivity index (χ3n) is 4.13. The molecule has 0 aliphatic rings. The average molecular weight is 307 g/mol. The van der Waals surface area contributed by atoms with Crippen molar-refractivity contribution in [3.63, 3.8) is 0 Å². The SMILES string of the molecule is CCN(CCc1ccncc1)C(=O)Cc1ccc2[nH]ccc2c1. The Bertz CT molecular complexity index is 779. The maximum atomic E-state index is 12.5. The first-order chi connectivity index (χ1) is 11.3. The van der Waals surface area contributed by atoms with Crippen molar-refractivity contribution < 1.29 is 4.79 Å². The molecule has 1 N–H and O–H groups in total. The fourth-order valence-electron chi connectivity index (χ4n) is 2.77. The first-order valence-corrected chi connectivity index (χ1v) is 7.99. The summed E-state index contributed by atoms with van der Waals surface area (Å²) < 4.78 is 0. The number of hydrogen-bond acceptors (Lipinski definition) is 2. The maximum absolute atomic E-state index is 12.5. The number of amides is 1. The van der Waals surface area contributed by atoms with Crippen molar-refractivity contribution in [3.8, 4) is 0 Å². The van der Waals surface area contributed by atoms with E-state index in [2.05, 4.69) is 16.0 Å². The van der Waals surface area contributed by atoms with Gasteiger partial charge >= 0.3 is 0 Å². The zero-order valence-corrected chi connectivity index (χ0v) is 13.3. The molecule has 3 rings (SSSR count). The lowest BCUT2D eigenvalue weighted by Crippen LogP contribution is -2.33. The number of rotatable bonds is 6. The maximum Gasteiger partial charge on any atom is 0.226 e. The summed E-state index contributed by atoms with van der Waals surface area (Å²) in [7, 11) is 0. The van der Waals surface area contributed by atoms with Crippen LogP contribution in [-0.4, -0.2) is 33.9 Å². The Morgan fingerprint density at radius 2 is 1.96 bits per heavy atom. The molecule has 0 radical (unpaired) electrons. The van der Waals surface area contributed by atoms with Crippen molar-refractivity contribution in [2.45, 2.75) is 19.8 Å². The van der Waals surface area contributed by atoms with Gasteiger partial charge in [0.2, 0.25) is 5.91 Å². The van der Waals surface area contributed by atoms with Gasteiger partial charge in [0.15, 0.2) is 0 Å². The van der Waals surface area contributed by atoms with Gasteiger partial charge in [0.05, 0.1) is 6.42 Å². The Labute approximate surface area is 136 Å². The van der Waals surface area contributed by atoms with E-state index in [9.17, 15) is 4.79 Å². The van der Waals surface area contributed by atoms with Gasteiger partial charge in [-0.05, 0) is 60.2 Å². The molecule has 0 aliphatic carbocycles. The Hall–Kier alpha value is -2.62. The van der Waals surface area contributed by atoms with Gasteiger partial charge in [-0.3, -0.25) is 9.78 Å². The molecular formula is C19H21N3O. The summed E-state index contributed by atoms with van der Waals surface area (Å²) in [5.41, 5.74) is 3.37. The molecule has 0 unspecified atom stereocenters. The van der Waals surface area contributed by atoms with Crippen LogP contribution < -0.4 is 0 Å². The zero-order valence-electron chi connectivity index (χ0n) is 13.3. The van der Waals surface area contributed by atoms with Gasteiger partial charge in [-0.25, -0.2) is 0 Å². The highest BCUT2D eigenvalue weighted by molar-refractivity contribution is 5.83. The molecule has 4 heteroatoms. The van der Waals surface area contributed by atoms with Crippen molar-refractivity contribution in [1.82, 2.24) is 14.9 Å². The Balaban J connectivity index is 1.62. The molecule has 0 spiro atoms. The summed E-state index contributed by atoms with van der Waals surface area (Å²) in [6.45, 7) is 3.50. The van der Waals surface area contributed by atoms with Gasteiger partial charge in [-0.15, -0.1) is 0 Å². The van der Waals surface area contributed by atoms with Crippen molar-refractivity contribution >= 4 is 16.8 Å². The summed E-state index contributed by atoms with van der Waals surface area (Å²) in [6, 6.07) is 12.2. The second-order valence-corrected chi connectivity index (χ2v) is 5.65. The number of hydrogen-bond donors (Lipinski definition) is 1. The van der Waals surface area contributed by atoms with Crippen molar-refractivity contribution in [3.05, 3.63) is 66.1 Å². The van der Waals surface area contributed by atoms with E-state index in [1.54, 1.807) is 12.4 Å². The van der Waals surface area contributed by atoms with Gasteiger partial charge < -0.3 is 9.88 Å². The number of nitrogens with one attached hydrogen (secondary N) is 1. The standard InChI is InChI=1S/C19H21N3O/c1-2-22(12-8-15-5-9-20-10-6-15)19(23)14-16-3-4-18-17(13-16)7-11-21-18/h3-7,9-11,13,21H,2,8,12,14H2,1H3. The number of H-pyrrole nitrogens is 1. The van der Waals surface area contributed by atoms with Crippen LogP contribution in [0.1, 0.15) is 18.1 Å². The fourth-order valence-corrected chi connectivity index (χ4v) is 2.77. The molecule has 2 heterocycles. The van der Waals surface area contributed by atoms with E-state index in [1.807, 2.05) is 48.4 Å². The molecule has 0 saturated heterocycles. The van der Waals surface area contributed by atoms with Crippen molar-refractivity contribution in [2.75, 3.05) is 13.1 Å². The number of likely N-dealkylation sites (N-methyl/N-ethyl adjacent to an activating group) is 1. The second kappa shape index (κ2) is 7.09. The number of pyridine rings is 1. The smallest absolute Gasteiger partial charge is 0.226 e. The zero-order chi connectivity index (χ0) is 16.1. The molecule has 1 amide bonds. The second-order valence-electron chi connectivity index (χ2n) is 5.65. The van der Waals surface area contributed by atoms with Crippen LogP contribution in [0, 0.1) is 0 Å². The summed E-state index contributed by atoms with van der Waals surface area (Å²) >= 11 is 0. The first kappa shape index (κ1) is 15.3. The van der Waals surface area contributed by atoms with E-state index in [4.69, 9.17) is 0 Å². The molecule has 0 fully saturated rings. The molecule has 4 nitrogen and oxygen atoms in total. The van der Waals surface area contributed by atoms with Crippen LogP contribution in [-0.2, 0) is 17.6 Å². The molecule has 23 heavy (non-hydrogen) atoms. The lowest BCUT2D eigenvalue weighted by molar-refractivity contribution is -0.130. The van der Waals surface area contributed by atoms with E-state index in [-0.39, 0.29) is 5.91 Å². The van der Waals surface area contributed by atoms with E-state index < -0.39 is 0 Å². The molecule has 2 aromatic heterocycles. The number of benzene rings is 1.